The molecule has 0 aliphatic rings. The van der Waals surface area contributed by atoms with E-state index in [-0.39, 0.29) is 11.5 Å². The Kier molecular flexibility index (Phi) is 3.09. The van der Waals surface area contributed by atoms with E-state index in [0.29, 0.717) is 34.5 Å². The molecule has 0 saturated heterocycles. The number of pyridine rings is 2. The van der Waals surface area contributed by atoms with Crippen LogP contribution in [0.5, 0.6) is 0 Å². The average molecular weight is 329 g/mol. The third-order valence-electron chi connectivity index (χ3n) is 3.87. The molecule has 0 bridgehead atoms. The Morgan fingerprint density at radius 3 is 2.75 bits per heavy atom. The van der Waals surface area contributed by atoms with Crippen LogP contribution in [0.1, 0.15) is 25.1 Å². The second kappa shape index (κ2) is 5.05. The van der Waals surface area contributed by atoms with Crippen molar-refractivity contribution in [3.63, 3.8) is 0 Å². The Morgan fingerprint density at radius 1 is 1.25 bits per heavy atom. The van der Waals surface area contributed by atoms with E-state index in [4.69, 9.17) is 4.42 Å². The van der Waals surface area contributed by atoms with Crippen molar-refractivity contribution in [3.05, 3.63) is 42.0 Å². The van der Waals surface area contributed by atoms with Crippen LogP contribution in [0.4, 0.5) is 8.78 Å². The zero-order chi connectivity index (χ0) is 16.9. The Balaban J connectivity index is 2.07. The fourth-order valence-electron chi connectivity index (χ4n) is 2.71. The summed E-state index contributed by atoms with van der Waals surface area (Å²) in [4.78, 5) is 8.91. The molecule has 4 aromatic rings. The zero-order valence-corrected chi connectivity index (χ0v) is 13.0. The second-order valence-corrected chi connectivity index (χ2v) is 5.57. The molecule has 0 amide bonds. The minimum absolute atomic E-state index is 0.0423. The molecule has 4 heterocycles. The number of hydrogen-bond acceptors (Lipinski definition) is 5. The van der Waals surface area contributed by atoms with Gasteiger partial charge in [-0.1, -0.05) is 6.92 Å². The molecule has 4 rings (SSSR count). The van der Waals surface area contributed by atoms with Gasteiger partial charge in [0.2, 0.25) is 6.39 Å². The largest absolute Gasteiger partial charge is 0.422 e. The molecule has 0 unspecified atom stereocenters. The topological polar surface area (TPSA) is 69.1 Å². The molecule has 0 spiro atoms. The van der Waals surface area contributed by atoms with Crippen LogP contribution in [0.25, 0.3) is 28.3 Å². The fraction of sp³-hybridized carbons (Fsp3) is 0.250. The number of aryl methyl sites for hydroxylation is 1. The molecular formula is C16H13F2N5O. The SMILES string of the molecule is CCc1cc(C(C)(F)F)c2ccc3nc(-c4nnco4)cn3c2n1. The zero-order valence-electron chi connectivity index (χ0n) is 13.0. The maximum atomic E-state index is 14.0. The standard InChI is InChI=1S/C16H13F2N5O/c1-3-9-6-11(16(2,17)18)10-4-5-13-21-12(15-22-19-8-24-15)7-23(13)14(10)20-9/h4-8H,3H2,1-2H3. The normalized spacial score (nSPS) is 12.3. The lowest BCUT2D eigenvalue weighted by molar-refractivity contribution is 0.0189. The summed E-state index contributed by atoms with van der Waals surface area (Å²) in [6.45, 7) is 2.77. The number of nitrogens with zero attached hydrogens (tertiary/aromatic N) is 5. The Bertz CT molecular complexity index is 1030. The lowest BCUT2D eigenvalue weighted by atomic mass is 10.0. The Labute approximate surface area is 135 Å². The first-order valence-electron chi connectivity index (χ1n) is 7.44. The van der Waals surface area contributed by atoms with Crippen LogP contribution in [0.3, 0.4) is 0 Å². The van der Waals surface area contributed by atoms with Crippen LogP contribution < -0.4 is 0 Å². The summed E-state index contributed by atoms with van der Waals surface area (Å²) < 4.78 is 34.9. The van der Waals surface area contributed by atoms with Crippen molar-refractivity contribution in [3.8, 4) is 11.6 Å². The lowest BCUT2D eigenvalue weighted by Crippen LogP contribution is -2.10. The molecule has 0 aliphatic carbocycles. The molecule has 0 N–H and O–H groups in total. The maximum absolute atomic E-state index is 14.0. The summed E-state index contributed by atoms with van der Waals surface area (Å²) in [5.41, 5.74) is 2.02. The highest BCUT2D eigenvalue weighted by atomic mass is 19.3. The summed E-state index contributed by atoms with van der Waals surface area (Å²) in [5.74, 6) is -2.70. The molecule has 0 atom stereocenters. The first-order valence-corrected chi connectivity index (χ1v) is 7.44. The van der Waals surface area contributed by atoms with Crippen molar-refractivity contribution in [2.45, 2.75) is 26.2 Å². The smallest absolute Gasteiger partial charge is 0.271 e. The number of alkyl halides is 2. The van der Waals surface area contributed by atoms with Gasteiger partial charge in [0, 0.05) is 29.8 Å². The number of hydrogen-bond donors (Lipinski definition) is 0. The van der Waals surface area contributed by atoms with Gasteiger partial charge >= 0.3 is 0 Å². The van der Waals surface area contributed by atoms with Gasteiger partial charge in [0.05, 0.1) is 0 Å². The molecule has 122 valence electrons. The van der Waals surface area contributed by atoms with Crippen LogP contribution in [-0.2, 0) is 12.3 Å². The number of imidazole rings is 1. The summed E-state index contributed by atoms with van der Waals surface area (Å²) in [5, 5.41) is 7.83. The minimum Gasteiger partial charge on any atom is -0.422 e. The molecule has 0 aliphatic heterocycles. The third kappa shape index (κ3) is 2.22. The Hall–Kier alpha value is -2.90. The van der Waals surface area contributed by atoms with Gasteiger partial charge in [-0.2, -0.15) is 0 Å². The van der Waals surface area contributed by atoms with Gasteiger partial charge in [0.1, 0.15) is 17.0 Å². The van der Waals surface area contributed by atoms with Crippen LogP contribution >= 0.6 is 0 Å². The molecule has 8 heteroatoms. The van der Waals surface area contributed by atoms with Crippen molar-refractivity contribution in [2.24, 2.45) is 0 Å². The van der Waals surface area contributed by atoms with Gasteiger partial charge in [0.15, 0.2) is 0 Å². The maximum Gasteiger partial charge on any atom is 0.271 e. The van der Waals surface area contributed by atoms with E-state index in [1.807, 2.05) is 6.92 Å². The number of rotatable bonds is 3. The minimum atomic E-state index is -2.96. The van der Waals surface area contributed by atoms with Gasteiger partial charge in [-0.05, 0) is 24.6 Å². The van der Waals surface area contributed by atoms with Crippen molar-refractivity contribution in [1.29, 1.82) is 0 Å². The Morgan fingerprint density at radius 2 is 2.08 bits per heavy atom. The number of fused-ring (bicyclic) bond motifs is 3. The quantitative estimate of drug-likeness (QED) is 0.574. The fourth-order valence-corrected chi connectivity index (χ4v) is 2.71. The van der Waals surface area contributed by atoms with Gasteiger partial charge in [-0.15, -0.1) is 10.2 Å². The molecule has 4 aromatic heterocycles. The highest BCUT2D eigenvalue weighted by Gasteiger charge is 2.28. The number of aromatic nitrogens is 5. The van der Waals surface area contributed by atoms with E-state index in [2.05, 4.69) is 20.2 Å². The second-order valence-electron chi connectivity index (χ2n) is 5.57. The monoisotopic (exact) mass is 329 g/mol. The summed E-state index contributed by atoms with van der Waals surface area (Å²) in [6.07, 6.45) is 3.43. The molecule has 0 radical (unpaired) electrons. The van der Waals surface area contributed by atoms with Gasteiger partial charge < -0.3 is 4.42 Å². The predicted octanol–water partition coefficient (Wildman–Crippen LogP) is 3.61. The lowest BCUT2D eigenvalue weighted by Gasteiger charge is -2.15. The summed E-state index contributed by atoms with van der Waals surface area (Å²) in [6, 6.07) is 4.75. The third-order valence-corrected chi connectivity index (χ3v) is 3.87. The van der Waals surface area contributed by atoms with Crippen LogP contribution in [0, 0.1) is 0 Å². The highest BCUT2D eigenvalue weighted by Crippen LogP contribution is 2.34. The first-order chi connectivity index (χ1) is 11.5. The van der Waals surface area contributed by atoms with E-state index in [1.165, 1.54) is 12.5 Å². The first kappa shape index (κ1) is 14.7. The van der Waals surface area contributed by atoms with Crippen molar-refractivity contribution < 1.29 is 13.2 Å². The van der Waals surface area contributed by atoms with Crippen molar-refractivity contribution in [1.82, 2.24) is 24.6 Å². The van der Waals surface area contributed by atoms with Crippen LogP contribution in [0.15, 0.2) is 35.2 Å². The van der Waals surface area contributed by atoms with Crippen molar-refractivity contribution in [2.75, 3.05) is 0 Å². The molecule has 0 saturated carbocycles. The molecule has 6 nitrogen and oxygen atoms in total. The molecule has 0 aromatic carbocycles. The van der Waals surface area contributed by atoms with E-state index in [9.17, 15) is 8.78 Å². The van der Waals surface area contributed by atoms with E-state index < -0.39 is 5.92 Å². The molecule has 0 fully saturated rings. The number of halogens is 2. The van der Waals surface area contributed by atoms with Gasteiger partial charge in [-0.3, -0.25) is 4.40 Å². The van der Waals surface area contributed by atoms with E-state index >= 15 is 0 Å². The van der Waals surface area contributed by atoms with Crippen molar-refractivity contribution >= 4 is 16.7 Å². The summed E-state index contributed by atoms with van der Waals surface area (Å²) >= 11 is 0. The predicted molar refractivity (Wildman–Crippen MR) is 82.7 cm³/mol. The average Bonchev–Trinajstić information content (AvgIpc) is 3.21. The van der Waals surface area contributed by atoms with Crippen LogP contribution in [-0.4, -0.2) is 24.6 Å². The van der Waals surface area contributed by atoms with Crippen LogP contribution in [0.2, 0.25) is 0 Å². The van der Waals surface area contributed by atoms with Gasteiger partial charge in [0.25, 0.3) is 11.8 Å². The summed E-state index contributed by atoms with van der Waals surface area (Å²) in [7, 11) is 0. The molecule has 24 heavy (non-hydrogen) atoms. The van der Waals surface area contributed by atoms with Gasteiger partial charge in [-0.25, -0.2) is 18.7 Å². The highest BCUT2D eigenvalue weighted by molar-refractivity contribution is 5.83. The molecular weight excluding hydrogens is 316 g/mol. The van der Waals surface area contributed by atoms with E-state index in [1.54, 1.807) is 22.7 Å². The van der Waals surface area contributed by atoms with E-state index in [0.717, 1.165) is 6.92 Å².